The van der Waals surface area contributed by atoms with Crippen LogP contribution < -0.4 is 20.1 Å². The summed E-state index contributed by atoms with van der Waals surface area (Å²) in [6.45, 7) is 6.42. The topological polar surface area (TPSA) is 130 Å². The lowest BCUT2D eigenvalue weighted by Gasteiger charge is -2.39. The summed E-state index contributed by atoms with van der Waals surface area (Å²) in [4.78, 5) is 56.2. The highest BCUT2D eigenvalue weighted by molar-refractivity contribution is 5.97. The van der Waals surface area contributed by atoms with Gasteiger partial charge in [-0.1, -0.05) is 12.1 Å². The van der Waals surface area contributed by atoms with Gasteiger partial charge in [0.05, 0.1) is 37.9 Å². The molecule has 12 heteroatoms. The van der Waals surface area contributed by atoms with Crippen molar-refractivity contribution in [2.75, 3.05) is 46.8 Å². The number of benzene rings is 2. The number of piperidine rings is 1. The summed E-state index contributed by atoms with van der Waals surface area (Å²) in [5, 5.41) is 5.60. The predicted octanol–water partition coefficient (Wildman–Crippen LogP) is 2.62. The maximum absolute atomic E-state index is 13.6. The van der Waals surface area contributed by atoms with E-state index in [0.717, 1.165) is 5.56 Å². The van der Waals surface area contributed by atoms with Crippen LogP contribution in [0.5, 0.6) is 17.2 Å². The van der Waals surface area contributed by atoms with Crippen LogP contribution in [0.15, 0.2) is 42.5 Å². The molecular formula is C31H41N5O7. The molecule has 1 saturated heterocycles. The smallest absolute Gasteiger partial charge is 0.317 e. The fraction of sp³-hybridized carbons (Fsp3) is 0.484. The highest BCUT2D eigenvalue weighted by atomic mass is 16.5. The lowest BCUT2D eigenvalue weighted by atomic mass is 10.0. The molecule has 12 nitrogen and oxygen atoms in total. The third kappa shape index (κ3) is 8.60. The van der Waals surface area contributed by atoms with E-state index in [9.17, 15) is 19.2 Å². The second kappa shape index (κ2) is 14.2. The SMILES string of the molecule is CCN1CC(=O)N[C@H]2CN(C(=O)CNC(=O)N(C)C)CC[C@@H]2OCc2cccc(c2)Oc2cc(OC(C)C)cc(c2)C1=O. The third-order valence-electron chi connectivity index (χ3n) is 7.15. The number of rotatable bonds is 5. The minimum Gasteiger partial charge on any atom is -0.491 e. The van der Waals surface area contributed by atoms with Gasteiger partial charge >= 0.3 is 6.03 Å². The zero-order valence-corrected chi connectivity index (χ0v) is 25.4. The molecule has 2 aliphatic heterocycles. The van der Waals surface area contributed by atoms with Gasteiger partial charge in [-0.25, -0.2) is 4.79 Å². The Morgan fingerprint density at radius 3 is 2.65 bits per heavy atom. The van der Waals surface area contributed by atoms with E-state index in [0.29, 0.717) is 42.3 Å². The Balaban J connectivity index is 1.60. The minimum atomic E-state index is -0.523. The standard InChI is InChI=1S/C31H41N5O7/c1-6-35-18-28(37)33-26-17-36(29(38)16-32-31(40)34(4)5)11-10-27(26)41-19-21-8-7-9-23(12-21)43-25-14-22(30(35)39)13-24(15-25)42-20(2)3/h7-9,12-15,20,26-27H,6,10-11,16-19H2,1-5H3,(H,32,40)(H,33,37)/t26-,27-/m0/s1. The largest absolute Gasteiger partial charge is 0.491 e. The van der Waals surface area contributed by atoms with Crippen LogP contribution in [0, 0.1) is 0 Å². The van der Waals surface area contributed by atoms with Crippen molar-refractivity contribution in [3.8, 4) is 17.2 Å². The molecule has 0 aromatic heterocycles. The molecule has 2 aromatic rings. The lowest BCUT2D eigenvalue weighted by Crippen LogP contribution is -2.59. The van der Waals surface area contributed by atoms with Crippen LogP contribution in [0.4, 0.5) is 4.79 Å². The van der Waals surface area contributed by atoms with Crippen molar-refractivity contribution in [2.45, 2.75) is 52.0 Å². The molecule has 0 spiro atoms. The molecule has 0 radical (unpaired) electrons. The Morgan fingerprint density at radius 2 is 1.93 bits per heavy atom. The van der Waals surface area contributed by atoms with E-state index in [-0.39, 0.29) is 62.2 Å². The van der Waals surface area contributed by atoms with Crippen molar-refractivity contribution >= 4 is 23.8 Å². The number of fused-ring (bicyclic) bond motifs is 5. The van der Waals surface area contributed by atoms with Gasteiger partial charge in [0.15, 0.2) is 0 Å². The lowest BCUT2D eigenvalue weighted by molar-refractivity contribution is -0.136. The first kappa shape index (κ1) is 31.6. The number of carbonyl (C=O) groups is 4. The van der Waals surface area contributed by atoms with E-state index < -0.39 is 6.04 Å². The summed E-state index contributed by atoms with van der Waals surface area (Å²) in [6, 6.07) is 11.6. The number of likely N-dealkylation sites (N-methyl/N-ethyl adjacent to an activating group) is 1. The van der Waals surface area contributed by atoms with Crippen LogP contribution >= 0.6 is 0 Å². The average molecular weight is 596 g/mol. The number of carbonyl (C=O) groups excluding carboxylic acids is 4. The number of hydrogen-bond donors (Lipinski definition) is 2. The zero-order chi connectivity index (χ0) is 31.1. The molecule has 2 heterocycles. The molecule has 0 saturated carbocycles. The Morgan fingerprint density at radius 1 is 1.14 bits per heavy atom. The Hall–Kier alpha value is -4.32. The Bertz CT molecular complexity index is 1330. The van der Waals surface area contributed by atoms with E-state index in [2.05, 4.69) is 10.6 Å². The van der Waals surface area contributed by atoms with Crippen molar-refractivity contribution in [3.63, 3.8) is 0 Å². The van der Waals surface area contributed by atoms with Crippen LogP contribution in [0.1, 0.15) is 43.1 Å². The van der Waals surface area contributed by atoms with Crippen LogP contribution in [-0.2, 0) is 20.9 Å². The number of amides is 5. The number of hydrogen-bond acceptors (Lipinski definition) is 7. The summed E-state index contributed by atoms with van der Waals surface area (Å²) >= 11 is 0. The van der Waals surface area contributed by atoms with E-state index >= 15 is 0 Å². The number of nitrogens with zero attached hydrogens (tertiary/aromatic N) is 3. The number of urea groups is 1. The van der Waals surface area contributed by atoms with Crippen molar-refractivity contribution in [1.82, 2.24) is 25.3 Å². The van der Waals surface area contributed by atoms with Gasteiger partial charge in [-0.2, -0.15) is 0 Å². The van der Waals surface area contributed by atoms with E-state index in [1.807, 2.05) is 38.1 Å². The monoisotopic (exact) mass is 595 g/mol. The fourth-order valence-corrected chi connectivity index (χ4v) is 4.98. The highest BCUT2D eigenvalue weighted by Crippen LogP contribution is 2.30. The second-order valence-corrected chi connectivity index (χ2v) is 11.1. The van der Waals surface area contributed by atoms with Gasteiger partial charge < -0.3 is 39.5 Å². The van der Waals surface area contributed by atoms with Gasteiger partial charge in [0.25, 0.3) is 5.91 Å². The summed E-state index contributed by atoms with van der Waals surface area (Å²) in [6.07, 6.45) is -0.0199. The van der Waals surface area contributed by atoms with Crippen molar-refractivity contribution < 1.29 is 33.4 Å². The van der Waals surface area contributed by atoms with Gasteiger partial charge in [-0.3, -0.25) is 14.4 Å². The molecule has 5 amide bonds. The first-order valence-electron chi connectivity index (χ1n) is 14.5. The van der Waals surface area contributed by atoms with Gasteiger partial charge in [0.1, 0.15) is 17.2 Å². The molecule has 2 aromatic carbocycles. The van der Waals surface area contributed by atoms with Crippen LogP contribution in [0.25, 0.3) is 0 Å². The Labute approximate surface area is 252 Å². The summed E-state index contributed by atoms with van der Waals surface area (Å²) in [7, 11) is 3.19. The number of likely N-dealkylation sites (tertiary alicyclic amines) is 1. The van der Waals surface area contributed by atoms with E-state index in [1.54, 1.807) is 44.1 Å². The quantitative estimate of drug-likeness (QED) is 0.544. The van der Waals surface area contributed by atoms with Crippen molar-refractivity contribution in [1.29, 1.82) is 0 Å². The summed E-state index contributed by atoms with van der Waals surface area (Å²) in [5.74, 6) is 0.515. The van der Waals surface area contributed by atoms with Crippen LogP contribution in [0.3, 0.4) is 0 Å². The number of ether oxygens (including phenoxy) is 3. The van der Waals surface area contributed by atoms with Gasteiger partial charge in [0, 0.05) is 45.4 Å². The molecule has 4 bridgehead atoms. The predicted molar refractivity (Wildman–Crippen MR) is 159 cm³/mol. The minimum absolute atomic E-state index is 0.122. The molecular weight excluding hydrogens is 554 g/mol. The Kier molecular flexibility index (Phi) is 10.5. The maximum atomic E-state index is 13.6. The maximum Gasteiger partial charge on any atom is 0.317 e. The molecule has 4 rings (SSSR count). The number of nitrogens with one attached hydrogen (secondary N) is 2. The van der Waals surface area contributed by atoms with Gasteiger partial charge in [-0.05, 0) is 57.0 Å². The molecule has 2 aliphatic rings. The molecule has 232 valence electrons. The van der Waals surface area contributed by atoms with Crippen molar-refractivity contribution in [3.05, 3.63) is 53.6 Å². The normalized spacial score (nSPS) is 19.2. The van der Waals surface area contributed by atoms with Gasteiger partial charge in [-0.15, -0.1) is 0 Å². The highest BCUT2D eigenvalue weighted by Gasteiger charge is 2.34. The van der Waals surface area contributed by atoms with Crippen LogP contribution in [-0.4, -0.2) is 104 Å². The second-order valence-electron chi connectivity index (χ2n) is 11.1. The molecule has 0 unspecified atom stereocenters. The molecule has 1 fully saturated rings. The average Bonchev–Trinajstić information content (AvgIpc) is 2.96. The van der Waals surface area contributed by atoms with Crippen LogP contribution in [0.2, 0.25) is 0 Å². The summed E-state index contributed by atoms with van der Waals surface area (Å²) < 4.78 is 18.3. The van der Waals surface area contributed by atoms with Gasteiger partial charge in [0.2, 0.25) is 11.8 Å². The first-order chi connectivity index (χ1) is 20.5. The molecule has 43 heavy (non-hydrogen) atoms. The van der Waals surface area contributed by atoms with Crippen molar-refractivity contribution in [2.24, 2.45) is 0 Å². The summed E-state index contributed by atoms with van der Waals surface area (Å²) in [5.41, 5.74) is 1.20. The zero-order valence-electron chi connectivity index (χ0n) is 25.4. The molecule has 2 atom stereocenters. The van der Waals surface area contributed by atoms with E-state index in [4.69, 9.17) is 14.2 Å². The fourth-order valence-electron chi connectivity index (χ4n) is 4.98. The first-order valence-corrected chi connectivity index (χ1v) is 14.5. The van der Waals surface area contributed by atoms with E-state index in [1.165, 1.54) is 9.80 Å². The molecule has 0 aliphatic carbocycles. The third-order valence-corrected chi connectivity index (χ3v) is 7.15. The molecule has 2 N–H and O–H groups in total.